The predicted molar refractivity (Wildman–Crippen MR) is 68.5 cm³/mol. The van der Waals surface area contributed by atoms with E-state index in [-0.39, 0.29) is 11.6 Å². The van der Waals surface area contributed by atoms with Gasteiger partial charge in [0.1, 0.15) is 26.2 Å². The van der Waals surface area contributed by atoms with Gasteiger partial charge in [-0.3, -0.25) is 0 Å². The van der Waals surface area contributed by atoms with Gasteiger partial charge in [-0.25, -0.2) is 4.39 Å². The highest BCUT2D eigenvalue weighted by atomic mass is 28.4. The van der Waals surface area contributed by atoms with E-state index in [9.17, 15) is 9.50 Å². The van der Waals surface area contributed by atoms with Crippen LogP contribution in [0, 0.1) is 0 Å². The van der Waals surface area contributed by atoms with Gasteiger partial charge in [-0.05, 0) is 18.1 Å². The Morgan fingerprint density at radius 3 is 2.29 bits per heavy atom. The van der Waals surface area contributed by atoms with Crippen molar-refractivity contribution in [2.24, 2.45) is 0 Å². The van der Waals surface area contributed by atoms with Crippen molar-refractivity contribution in [2.45, 2.75) is 63.3 Å². The molecular weight excluding hydrogens is 238 g/mol. The Bertz CT molecular complexity index is 270. The molecule has 98 valence electrons. The van der Waals surface area contributed by atoms with E-state index >= 15 is 0 Å². The zero-order valence-electron chi connectivity index (χ0n) is 11.2. The minimum Gasteiger partial charge on any atom is -0.414 e. The number of halogens is 1. The molecule has 2 radical (unpaired) electrons. The van der Waals surface area contributed by atoms with Crippen molar-refractivity contribution < 1.29 is 18.7 Å². The highest BCUT2D eigenvalue weighted by molar-refractivity contribution is 6.74. The van der Waals surface area contributed by atoms with Crippen LogP contribution >= 0.6 is 0 Å². The standard InChI is InChI=1S/C11H22BFO3Si/c1-11(2,3)17(4,5)15-6-7-9(14)8(13)10(12)16-7/h7-10,14H,6H2,1-5H3/t7-,8?,9?,10?/m1/s1. The average Bonchev–Trinajstić information content (AvgIpc) is 2.41. The van der Waals surface area contributed by atoms with E-state index in [2.05, 4.69) is 33.9 Å². The van der Waals surface area contributed by atoms with Gasteiger partial charge in [0.05, 0.1) is 12.6 Å². The van der Waals surface area contributed by atoms with Gasteiger partial charge in [0, 0.05) is 0 Å². The molecule has 4 atom stereocenters. The topological polar surface area (TPSA) is 38.7 Å². The fourth-order valence-corrected chi connectivity index (χ4v) is 2.42. The number of aliphatic hydroxyl groups excluding tert-OH is 1. The zero-order valence-corrected chi connectivity index (χ0v) is 12.2. The first-order valence-electron chi connectivity index (χ1n) is 5.93. The molecule has 1 aliphatic heterocycles. The summed E-state index contributed by atoms with van der Waals surface area (Å²) >= 11 is 0. The fraction of sp³-hybridized carbons (Fsp3) is 1.00. The Balaban J connectivity index is 2.53. The van der Waals surface area contributed by atoms with E-state index in [0.29, 0.717) is 0 Å². The molecule has 0 aromatic carbocycles. The first-order valence-corrected chi connectivity index (χ1v) is 8.84. The van der Waals surface area contributed by atoms with Gasteiger partial charge in [-0.1, -0.05) is 20.8 Å². The zero-order chi connectivity index (χ0) is 13.4. The summed E-state index contributed by atoms with van der Waals surface area (Å²) in [6, 6.07) is -1.04. The maximum Gasteiger partial charge on any atom is 0.192 e. The maximum absolute atomic E-state index is 13.3. The van der Waals surface area contributed by atoms with Gasteiger partial charge >= 0.3 is 0 Å². The van der Waals surface area contributed by atoms with Gasteiger partial charge in [0.25, 0.3) is 0 Å². The quantitative estimate of drug-likeness (QED) is 0.783. The summed E-state index contributed by atoms with van der Waals surface area (Å²) in [4.78, 5) is 0. The summed E-state index contributed by atoms with van der Waals surface area (Å²) in [6.07, 6.45) is -3.37. The lowest BCUT2D eigenvalue weighted by Crippen LogP contribution is -2.44. The third kappa shape index (κ3) is 3.31. The number of hydrogen-bond acceptors (Lipinski definition) is 3. The van der Waals surface area contributed by atoms with E-state index in [0.717, 1.165) is 0 Å². The first-order chi connectivity index (χ1) is 7.56. The number of aliphatic hydroxyl groups is 1. The minimum absolute atomic E-state index is 0.0772. The molecule has 0 bridgehead atoms. The summed E-state index contributed by atoms with van der Waals surface area (Å²) < 4.78 is 24.3. The third-order valence-electron chi connectivity index (χ3n) is 3.77. The molecule has 1 fully saturated rings. The Hall–Kier alpha value is 0.0918. The molecule has 3 nitrogen and oxygen atoms in total. The van der Waals surface area contributed by atoms with Crippen LogP contribution in [0.2, 0.25) is 18.1 Å². The fourth-order valence-electron chi connectivity index (χ4n) is 1.40. The summed E-state index contributed by atoms with van der Waals surface area (Å²) in [7, 11) is 3.48. The van der Waals surface area contributed by atoms with E-state index in [4.69, 9.17) is 17.0 Å². The molecule has 17 heavy (non-hydrogen) atoms. The highest BCUT2D eigenvalue weighted by Gasteiger charge is 2.43. The van der Waals surface area contributed by atoms with Crippen LogP contribution in [-0.2, 0) is 9.16 Å². The molecule has 0 aliphatic carbocycles. The number of rotatable bonds is 3. The van der Waals surface area contributed by atoms with E-state index in [1.807, 2.05) is 0 Å². The van der Waals surface area contributed by atoms with Crippen LogP contribution in [0.25, 0.3) is 0 Å². The monoisotopic (exact) mass is 260 g/mol. The lowest BCUT2D eigenvalue weighted by atomic mass is 9.94. The van der Waals surface area contributed by atoms with Crippen LogP contribution in [-0.4, -0.2) is 52.3 Å². The van der Waals surface area contributed by atoms with Gasteiger partial charge in [0.2, 0.25) is 0 Å². The normalized spacial score (nSPS) is 35.2. The van der Waals surface area contributed by atoms with E-state index < -0.39 is 32.7 Å². The highest BCUT2D eigenvalue weighted by Crippen LogP contribution is 2.37. The van der Waals surface area contributed by atoms with Gasteiger partial charge < -0.3 is 14.3 Å². The molecule has 1 aliphatic rings. The minimum atomic E-state index is -1.90. The van der Waals surface area contributed by atoms with Crippen LogP contribution in [0.5, 0.6) is 0 Å². The molecule has 1 saturated heterocycles. The van der Waals surface area contributed by atoms with Crippen molar-refractivity contribution in [1.29, 1.82) is 0 Å². The summed E-state index contributed by atoms with van der Waals surface area (Å²) in [5, 5.41) is 9.66. The Morgan fingerprint density at radius 1 is 1.41 bits per heavy atom. The van der Waals surface area contributed by atoms with Gasteiger partial charge in [-0.2, -0.15) is 0 Å². The van der Waals surface area contributed by atoms with Crippen molar-refractivity contribution >= 4 is 16.2 Å². The molecule has 0 saturated carbocycles. The Morgan fingerprint density at radius 2 is 1.94 bits per heavy atom. The third-order valence-corrected chi connectivity index (χ3v) is 8.27. The average molecular weight is 260 g/mol. The van der Waals surface area contributed by atoms with Crippen LogP contribution < -0.4 is 0 Å². The molecule has 0 amide bonds. The predicted octanol–water partition coefficient (Wildman–Crippen LogP) is 1.60. The van der Waals surface area contributed by atoms with Crippen LogP contribution in [0.15, 0.2) is 0 Å². The Kier molecular flexibility index (Phi) is 4.45. The molecule has 1 heterocycles. The van der Waals surface area contributed by atoms with E-state index in [1.165, 1.54) is 0 Å². The molecule has 0 spiro atoms. The van der Waals surface area contributed by atoms with Gasteiger partial charge in [-0.15, -0.1) is 0 Å². The smallest absolute Gasteiger partial charge is 0.192 e. The van der Waals surface area contributed by atoms with Crippen molar-refractivity contribution in [3.8, 4) is 0 Å². The first kappa shape index (κ1) is 15.2. The maximum atomic E-state index is 13.3. The van der Waals surface area contributed by atoms with E-state index in [1.54, 1.807) is 0 Å². The summed E-state index contributed by atoms with van der Waals surface area (Å²) in [5.41, 5.74) is 0. The number of ether oxygens (including phenoxy) is 1. The largest absolute Gasteiger partial charge is 0.414 e. The molecule has 6 heteroatoms. The second-order valence-corrected chi connectivity index (χ2v) is 11.0. The lowest BCUT2D eigenvalue weighted by Gasteiger charge is -2.37. The summed E-state index contributed by atoms with van der Waals surface area (Å²) in [5.74, 6) is 0. The van der Waals surface area contributed by atoms with Crippen LogP contribution in [0.3, 0.4) is 0 Å². The summed E-state index contributed by atoms with van der Waals surface area (Å²) in [6.45, 7) is 10.8. The number of hydrogen-bond donors (Lipinski definition) is 1. The van der Waals surface area contributed by atoms with Crippen molar-refractivity contribution in [1.82, 2.24) is 0 Å². The molecule has 1 rings (SSSR count). The number of alkyl halides is 1. The van der Waals surface area contributed by atoms with Crippen molar-refractivity contribution in [3.63, 3.8) is 0 Å². The lowest BCUT2D eigenvalue weighted by molar-refractivity contribution is -0.00237. The van der Waals surface area contributed by atoms with Crippen LogP contribution in [0.1, 0.15) is 20.8 Å². The van der Waals surface area contributed by atoms with Crippen LogP contribution in [0.4, 0.5) is 4.39 Å². The molecule has 0 aromatic heterocycles. The molecule has 0 aromatic rings. The molecule has 1 N–H and O–H groups in total. The Labute approximate surface area is 105 Å². The second kappa shape index (κ2) is 4.99. The second-order valence-electron chi connectivity index (χ2n) is 6.15. The molecule has 3 unspecified atom stereocenters. The SMILES string of the molecule is [B]C1O[C@H](CO[Si](C)(C)C(C)(C)C)C(O)C1F. The molecular formula is C11H22BFO3Si. The van der Waals surface area contributed by atoms with Crippen molar-refractivity contribution in [2.75, 3.05) is 6.61 Å². The van der Waals surface area contributed by atoms with Gasteiger partial charge in [0.15, 0.2) is 8.32 Å². The van der Waals surface area contributed by atoms with Crippen molar-refractivity contribution in [3.05, 3.63) is 0 Å².